The van der Waals surface area contributed by atoms with Gasteiger partial charge in [0.05, 0.1) is 30.3 Å². The highest BCUT2D eigenvalue weighted by Gasteiger charge is 2.69. The molecule has 3 aliphatic carbocycles. The summed E-state index contributed by atoms with van der Waals surface area (Å²) in [6.07, 6.45) is 1.55. The first kappa shape index (κ1) is 30.1. The molecule has 2 saturated carbocycles. The third kappa shape index (κ3) is 4.59. The fourth-order valence-electron chi connectivity index (χ4n) is 7.39. The van der Waals surface area contributed by atoms with Crippen LogP contribution in [0.4, 0.5) is 0 Å². The minimum Gasteiger partial charge on any atom is -0.507 e. The van der Waals surface area contributed by atoms with Gasteiger partial charge in [-0.1, -0.05) is 18.2 Å². The third-order valence-electron chi connectivity index (χ3n) is 9.38. The maximum absolute atomic E-state index is 14.0. The van der Waals surface area contributed by atoms with Gasteiger partial charge >= 0.3 is 0 Å². The van der Waals surface area contributed by atoms with Crippen molar-refractivity contribution in [2.24, 2.45) is 29.4 Å². The zero-order valence-corrected chi connectivity index (χ0v) is 24.5. The third-order valence-corrected chi connectivity index (χ3v) is 9.38. The van der Waals surface area contributed by atoms with Gasteiger partial charge in [-0.2, -0.15) is 0 Å². The Morgan fingerprint density at radius 2 is 1.82 bits per heavy atom. The fraction of sp³-hybridized carbons (Fsp3) is 0.333. The van der Waals surface area contributed by atoms with Crippen LogP contribution >= 0.6 is 0 Å². The van der Waals surface area contributed by atoms with Crippen LogP contribution in [0.3, 0.4) is 0 Å². The normalized spacial score (nSPS) is 27.5. The molecule has 45 heavy (non-hydrogen) atoms. The van der Waals surface area contributed by atoms with Crippen LogP contribution in [0.15, 0.2) is 59.2 Å². The Morgan fingerprint density at radius 1 is 1.07 bits per heavy atom. The summed E-state index contributed by atoms with van der Waals surface area (Å²) < 4.78 is 5.26. The van der Waals surface area contributed by atoms with Crippen LogP contribution in [0.1, 0.15) is 38.5 Å². The Morgan fingerprint density at radius 3 is 2.49 bits per heavy atom. The number of hydrogen-bond donors (Lipinski definition) is 4. The monoisotopic (exact) mass is 613 g/mol. The minimum absolute atomic E-state index is 0.0613. The van der Waals surface area contributed by atoms with Crippen molar-refractivity contribution in [2.75, 3.05) is 14.1 Å². The number of Topliss-reactive ketones (excluding diaryl/α,β-unsaturated/α-hetero) is 4. The predicted molar refractivity (Wildman–Crippen MR) is 157 cm³/mol. The number of phenolic OH excluding ortho intramolecular Hbond substituents is 1. The van der Waals surface area contributed by atoms with Crippen molar-refractivity contribution < 1.29 is 43.4 Å². The van der Waals surface area contributed by atoms with Crippen molar-refractivity contribution >= 4 is 34.9 Å². The van der Waals surface area contributed by atoms with Crippen molar-refractivity contribution in [3.05, 3.63) is 77.2 Å². The molecule has 5 N–H and O–H groups in total. The lowest BCUT2D eigenvalue weighted by Crippen LogP contribution is -2.74. The summed E-state index contributed by atoms with van der Waals surface area (Å²) in [6.45, 7) is 0.183. The zero-order chi connectivity index (χ0) is 32.4. The summed E-state index contributed by atoms with van der Waals surface area (Å²) in [5, 5.41) is 25.4. The molecule has 0 radical (unpaired) electrons. The number of nitrogens with one attached hydrogen (secondary N) is 1. The number of amides is 2. The lowest BCUT2D eigenvalue weighted by Gasteiger charge is -2.52. The van der Waals surface area contributed by atoms with E-state index in [9.17, 15) is 39.0 Å². The summed E-state index contributed by atoms with van der Waals surface area (Å²) in [4.78, 5) is 81.3. The topological polar surface area (TPSA) is 197 Å². The second-order valence-corrected chi connectivity index (χ2v) is 12.1. The van der Waals surface area contributed by atoms with E-state index in [4.69, 9.17) is 10.2 Å². The minimum atomic E-state index is -2.79. The summed E-state index contributed by atoms with van der Waals surface area (Å²) in [6, 6.07) is 11.9. The van der Waals surface area contributed by atoms with Gasteiger partial charge in [0.2, 0.25) is 5.91 Å². The fourth-order valence-corrected chi connectivity index (χ4v) is 7.39. The van der Waals surface area contributed by atoms with Gasteiger partial charge in [0.1, 0.15) is 11.5 Å². The molecule has 232 valence electrons. The molecule has 3 aromatic rings. The number of benzene rings is 2. The van der Waals surface area contributed by atoms with E-state index in [2.05, 4.69) is 5.32 Å². The average Bonchev–Trinajstić information content (AvgIpc) is 3.51. The highest BCUT2D eigenvalue weighted by Crippen LogP contribution is 2.51. The van der Waals surface area contributed by atoms with Crippen molar-refractivity contribution in [1.82, 2.24) is 10.2 Å². The first-order valence-corrected chi connectivity index (χ1v) is 14.5. The van der Waals surface area contributed by atoms with Crippen molar-refractivity contribution in [2.45, 2.75) is 31.0 Å². The molecule has 2 unspecified atom stereocenters. The Hall–Kier alpha value is -4.94. The summed E-state index contributed by atoms with van der Waals surface area (Å²) >= 11 is 0. The SMILES string of the molecule is CN(C)[C@@H]1C(=O)C(C(N)=O)C(=O)[C@@]2(O)C(=O)C3C(=O)c4c(O)ccc(-c5cccc(C(=O)NCc6ccco6)c5)c4C[C@H]3C[C@@H]12. The van der Waals surface area contributed by atoms with Gasteiger partial charge in [0, 0.05) is 11.5 Å². The quantitative estimate of drug-likeness (QED) is 0.292. The predicted octanol–water partition coefficient (Wildman–Crippen LogP) is 1.06. The molecule has 2 fully saturated rings. The number of likely N-dealkylation sites (N-methyl/N-ethyl adjacent to an activating group) is 1. The number of nitrogens with zero attached hydrogens (tertiary/aromatic N) is 1. The average molecular weight is 614 g/mol. The number of phenols is 1. The standard InChI is InChI=1S/C33H31N3O9/c1-36(2)26-21-13-17-12-20-19(15-5-3-6-16(11-15)32(43)35-14-18-7-4-10-45-18)8-9-22(37)24(20)27(38)23(17)29(40)33(21,44)30(41)25(28(26)39)31(34)42/h3-11,17,21,23,25-26,37,44H,12-14H2,1-2H3,(H2,34,42)(H,35,43)/t17-,21-,23?,25?,26-,33-/m0/s1. The van der Waals surface area contributed by atoms with Crippen LogP contribution < -0.4 is 11.1 Å². The van der Waals surface area contributed by atoms with E-state index < -0.39 is 64.4 Å². The van der Waals surface area contributed by atoms with Crippen LogP contribution in [0.5, 0.6) is 5.75 Å². The summed E-state index contributed by atoms with van der Waals surface area (Å²) in [5.41, 5.74) is 4.38. The molecule has 12 heteroatoms. The molecule has 12 nitrogen and oxygen atoms in total. The van der Waals surface area contributed by atoms with Gasteiger partial charge in [-0.05, 0) is 79.9 Å². The van der Waals surface area contributed by atoms with Crippen molar-refractivity contribution in [3.63, 3.8) is 0 Å². The van der Waals surface area contributed by atoms with Gasteiger partial charge in [0.25, 0.3) is 5.91 Å². The molecule has 1 aromatic heterocycles. The van der Waals surface area contributed by atoms with E-state index in [1.807, 2.05) is 0 Å². The number of ketones is 4. The number of aromatic hydroxyl groups is 1. The molecule has 6 rings (SSSR count). The van der Waals surface area contributed by atoms with E-state index >= 15 is 0 Å². The lowest BCUT2D eigenvalue weighted by atomic mass is 9.52. The summed E-state index contributed by atoms with van der Waals surface area (Å²) in [5.74, 6) is -10.9. The smallest absolute Gasteiger partial charge is 0.251 e. The maximum Gasteiger partial charge on any atom is 0.251 e. The van der Waals surface area contributed by atoms with E-state index in [0.29, 0.717) is 28.0 Å². The maximum atomic E-state index is 14.0. The highest BCUT2D eigenvalue weighted by molar-refractivity contribution is 6.32. The number of carbonyl (C=O) groups is 6. The van der Waals surface area contributed by atoms with Crippen LogP contribution in [-0.2, 0) is 32.1 Å². The number of furan rings is 1. The van der Waals surface area contributed by atoms with Gasteiger partial charge in [-0.3, -0.25) is 33.7 Å². The van der Waals surface area contributed by atoms with Crippen molar-refractivity contribution in [1.29, 1.82) is 0 Å². The van der Waals surface area contributed by atoms with E-state index in [1.54, 1.807) is 42.5 Å². The van der Waals surface area contributed by atoms with Crippen LogP contribution in [0.2, 0.25) is 0 Å². The molecular formula is C33H31N3O9. The molecule has 0 bridgehead atoms. The molecule has 6 atom stereocenters. The van der Waals surface area contributed by atoms with Gasteiger partial charge < -0.3 is 25.7 Å². The lowest BCUT2D eigenvalue weighted by molar-refractivity contribution is -0.181. The molecule has 0 saturated heterocycles. The Labute approximate surface area is 257 Å². The number of carbonyl (C=O) groups excluding carboxylic acids is 6. The second-order valence-electron chi connectivity index (χ2n) is 12.1. The molecule has 3 aliphatic rings. The molecule has 0 aliphatic heterocycles. The Balaban J connectivity index is 1.39. The summed E-state index contributed by atoms with van der Waals surface area (Å²) in [7, 11) is 3.06. The first-order chi connectivity index (χ1) is 21.4. The molecule has 2 aromatic carbocycles. The second kappa shape index (κ2) is 10.9. The Kier molecular flexibility index (Phi) is 7.29. The molecule has 1 heterocycles. The van der Waals surface area contributed by atoms with E-state index in [-0.39, 0.29) is 36.6 Å². The number of fused-ring (bicyclic) bond motifs is 3. The Bertz CT molecular complexity index is 1780. The zero-order valence-electron chi connectivity index (χ0n) is 24.5. The number of hydrogen-bond acceptors (Lipinski definition) is 10. The molecule has 0 spiro atoms. The van der Waals surface area contributed by atoms with Gasteiger partial charge in [-0.25, -0.2) is 0 Å². The van der Waals surface area contributed by atoms with Crippen LogP contribution in [0, 0.1) is 23.7 Å². The van der Waals surface area contributed by atoms with E-state index in [1.165, 1.54) is 31.3 Å². The van der Waals surface area contributed by atoms with E-state index in [0.717, 1.165) is 0 Å². The largest absolute Gasteiger partial charge is 0.507 e. The van der Waals surface area contributed by atoms with Crippen molar-refractivity contribution in [3.8, 4) is 16.9 Å². The number of primary amides is 1. The number of rotatable bonds is 6. The molecular weight excluding hydrogens is 582 g/mol. The van der Waals surface area contributed by atoms with Crippen LogP contribution in [-0.4, -0.2) is 75.8 Å². The first-order valence-electron chi connectivity index (χ1n) is 14.5. The number of aliphatic hydroxyl groups is 1. The van der Waals surface area contributed by atoms with Crippen LogP contribution in [0.25, 0.3) is 11.1 Å². The molecule has 2 amide bonds. The van der Waals surface area contributed by atoms with Gasteiger partial charge in [-0.15, -0.1) is 0 Å². The van der Waals surface area contributed by atoms with Gasteiger partial charge in [0.15, 0.2) is 34.7 Å². The highest BCUT2D eigenvalue weighted by atomic mass is 16.3. The number of nitrogens with two attached hydrogens (primary N) is 1.